The van der Waals surface area contributed by atoms with E-state index in [4.69, 9.17) is 4.74 Å². The molecule has 1 aromatic heterocycles. The fourth-order valence-electron chi connectivity index (χ4n) is 1.84. The quantitative estimate of drug-likeness (QED) is 0.844. The van der Waals surface area contributed by atoms with Crippen LogP contribution in [0.5, 0.6) is 5.88 Å². The fourth-order valence-corrected chi connectivity index (χ4v) is 1.84. The van der Waals surface area contributed by atoms with Crippen LogP contribution in [0.25, 0.3) is 11.3 Å². The number of ether oxygens (including phenoxy) is 1. The molecular weight excluding hydrogens is 238 g/mol. The third kappa shape index (κ3) is 3.09. The summed E-state index contributed by atoms with van der Waals surface area (Å²) in [6.45, 7) is 2.18. The normalized spacial score (nSPS) is 12.5. The molecular formula is C15H19N3O. The second kappa shape index (κ2) is 5.80. The van der Waals surface area contributed by atoms with Gasteiger partial charge in [-0.2, -0.15) is 0 Å². The number of nitrogens with zero attached hydrogens (tertiary/aromatic N) is 3. The molecule has 1 heterocycles. The highest BCUT2D eigenvalue weighted by molar-refractivity contribution is 5.59. The van der Waals surface area contributed by atoms with E-state index in [0.717, 1.165) is 11.3 Å². The highest BCUT2D eigenvalue weighted by Crippen LogP contribution is 2.24. The molecule has 0 aliphatic carbocycles. The summed E-state index contributed by atoms with van der Waals surface area (Å²) in [5.41, 5.74) is 3.19. The standard InChI is InChI=1S/C15H19N3O/c1-11(18(2)3)12-6-5-7-13(10-12)14-8-9-15(19-4)17-16-14/h5-11H,1-4H3. The molecule has 19 heavy (non-hydrogen) atoms. The third-order valence-electron chi connectivity index (χ3n) is 3.29. The van der Waals surface area contributed by atoms with Crippen LogP contribution < -0.4 is 4.74 Å². The molecule has 4 heteroatoms. The van der Waals surface area contributed by atoms with Gasteiger partial charge in [-0.15, -0.1) is 10.2 Å². The van der Waals surface area contributed by atoms with Gasteiger partial charge in [-0.3, -0.25) is 0 Å². The van der Waals surface area contributed by atoms with E-state index in [9.17, 15) is 0 Å². The predicted octanol–water partition coefficient (Wildman–Crippen LogP) is 2.77. The van der Waals surface area contributed by atoms with Gasteiger partial charge in [0.25, 0.3) is 0 Å². The minimum atomic E-state index is 0.367. The van der Waals surface area contributed by atoms with Gasteiger partial charge in [0.1, 0.15) is 0 Å². The lowest BCUT2D eigenvalue weighted by molar-refractivity contribution is 0.321. The second-order valence-electron chi connectivity index (χ2n) is 4.73. The Bertz CT molecular complexity index is 537. The van der Waals surface area contributed by atoms with Crippen molar-refractivity contribution < 1.29 is 4.74 Å². The minimum absolute atomic E-state index is 0.367. The van der Waals surface area contributed by atoms with Gasteiger partial charge >= 0.3 is 0 Å². The number of benzene rings is 1. The van der Waals surface area contributed by atoms with E-state index in [1.807, 2.05) is 18.2 Å². The largest absolute Gasteiger partial charge is 0.480 e. The van der Waals surface area contributed by atoms with E-state index in [1.54, 1.807) is 7.11 Å². The van der Waals surface area contributed by atoms with Crippen LogP contribution in [0.4, 0.5) is 0 Å². The summed E-state index contributed by atoms with van der Waals surface area (Å²) in [5, 5.41) is 8.18. The molecule has 100 valence electrons. The van der Waals surface area contributed by atoms with Crippen LogP contribution in [0.3, 0.4) is 0 Å². The molecule has 0 radical (unpaired) electrons. The van der Waals surface area contributed by atoms with Gasteiger partial charge in [0.15, 0.2) is 0 Å². The van der Waals surface area contributed by atoms with Gasteiger partial charge in [0.2, 0.25) is 5.88 Å². The molecule has 0 N–H and O–H groups in total. The monoisotopic (exact) mass is 257 g/mol. The van der Waals surface area contributed by atoms with Crippen molar-refractivity contribution in [3.8, 4) is 17.1 Å². The molecule has 0 saturated carbocycles. The van der Waals surface area contributed by atoms with E-state index >= 15 is 0 Å². The highest BCUT2D eigenvalue weighted by Gasteiger charge is 2.09. The van der Waals surface area contributed by atoms with Crippen LogP contribution in [-0.2, 0) is 0 Å². The Kier molecular flexibility index (Phi) is 4.12. The molecule has 0 saturated heterocycles. The molecule has 2 rings (SSSR count). The molecule has 1 atom stereocenters. The van der Waals surface area contributed by atoms with Crippen LogP contribution in [0.15, 0.2) is 36.4 Å². The lowest BCUT2D eigenvalue weighted by atomic mass is 10.0. The maximum atomic E-state index is 5.02. The van der Waals surface area contributed by atoms with Crippen LogP contribution in [-0.4, -0.2) is 36.3 Å². The molecule has 0 spiro atoms. The van der Waals surface area contributed by atoms with E-state index in [-0.39, 0.29) is 0 Å². The highest BCUT2D eigenvalue weighted by atomic mass is 16.5. The van der Waals surface area contributed by atoms with Crippen molar-refractivity contribution in [1.82, 2.24) is 15.1 Å². The zero-order valence-corrected chi connectivity index (χ0v) is 11.8. The van der Waals surface area contributed by atoms with Gasteiger partial charge in [0, 0.05) is 17.7 Å². The van der Waals surface area contributed by atoms with Gasteiger partial charge in [-0.1, -0.05) is 18.2 Å². The Labute approximate surface area is 114 Å². The molecule has 4 nitrogen and oxygen atoms in total. The minimum Gasteiger partial charge on any atom is -0.480 e. The predicted molar refractivity (Wildman–Crippen MR) is 76.1 cm³/mol. The van der Waals surface area contributed by atoms with Crippen molar-refractivity contribution in [3.63, 3.8) is 0 Å². The lowest BCUT2D eigenvalue weighted by Gasteiger charge is -2.20. The summed E-state index contributed by atoms with van der Waals surface area (Å²) in [6.07, 6.45) is 0. The Balaban J connectivity index is 2.31. The van der Waals surface area contributed by atoms with Crippen molar-refractivity contribution in [2.24, 2.45) is 0 Å². The van der Waals surface area contributed by atoms with E-state index in [1.165, 1.54) is 5.56 Å². The zero-order valence-electron chi connectivity index (χ0n) is 11.8. The number of hydrogen-bond acceptors (Lipinski definition) is 4. The molecule has 1 aromatic carbocycles. The number of aromatic nitrogens is 2. The summed E-state index contributed by atoms with van der Waals surface area (Å²) in [6, 6.07) is 12.5. The van der Waals surface area contributed by atoms with Crippen LogP contribution in [0, 0.1) is 0 Å². The molecule has 0 fully saturated rings. The maximum absolute atomic E-state index is 5.02. The summed E-state index contributed by atoms with van der Waals surface area (Å²) in [5.74, 6) is 0.529. The molecule has 0 aliphatic heterocycles. The summed E-state index contributed by atoms with van der Waals surface area (Å²) in [4.78, 5) is 2.18. The Morgan fingerprint density at radius 1 is 1.11 bits per heavy atom. The van der Waals surface area contributed by atoms with Crippen molar-refractivity contribution in [1.29, 1.82) is 0 Å². The smallest absolute Gasteiger partial charge is 0.233 e. The van der Waals surface area contributed by atoms with Crippen molar-refractivity contribution in [3.05, 3.63) is 42.0 Å². The molecule has 1 unspecified atom stereocenters. The third-order valence-corrected chi connectivity index (χ3v) is 3.29. The average Bonchev–Trinajstić information content (AvgIpc) is 2.46. The molecule has 0 amide bonds. The number of rotatable bonds is 4. The number of methoxy groups -OCH3 is 1. The van der Waals surface area contributed by atoms with Crippen LogP contribution in [0.1, 0.15) is 18.5 Å². The van der Waals surface area contributed by atoms with Crippen LogP contribution in [0.2, 0.25) is 0 Å². The van der Waals surface area contributed by atoms with Crippen LogP contribution >= 0.6 is 0 Å². The SMILES string of the molecule is COc1ccc(-c2cccc(C(C)N(C)C)c2)nn1. The summed E-state index contributed by atoms with van der Waals surface area (Å²) < 4.78 is 5.02. The maximum Gasteiger partial charge on any atom is 0.233 e. The Morgan fingerprint density at radius 2 is 1.89 bits per heavy atom. The molecule has 2 aromatic rings. The fraction of sp³-hybridized carbons (Fsp3) is 0.333. The van der Waals surface area contributed by atoms with Gasteiger partial charge < -0.3 is 9.64 Å². The first-order chi connectivity index (χ1) is 9.11. The topological polar surface area (TPSA) is 38.2 Å². The van der Waals surface area contributed by atoms with Gasteiger partial charge in [-0.25, -0.2) is 0 Å². The van der Waals surface area contributed by atoms with Gasteiger partial charge in [0.05, 0.1) is 12.8 Å². The zero-order chi connectivity index (χ0) is 13.8. The van der Waals surface area contributed by atoms with Crippen molar-refractivity contribution in [2.45, 2.75) is 13.0 Å². The van der Waals surface area contributed by atoms with E-state index < -0.39 is 0 Å². The van der Waals surface area contributed by atoms with E-state index in [0.29, 0.717) is 11.9 Å². The summed E-state index contributed by atoms with van der Waals surface area (Å²) >= 11 is 0. The first-order valence-corrected chi connectivity index (χ1v) is 6.26. The van der Waals surface area contributed by atoms with E-state index in [2.05, 4.69) is 54.3 Å². The van der Waals surface area contributed by atoms with Crippen molar-refractivity contribution >= 4 is 0 Å². The second-order valence-corrected chi connectivity index (χ2v) is 4.73. The first-order valence-electron chi connectivity index (χ1n) is 6.26. The first kappa shape index (κ1) is 13.5. The molecule has 0 aliphatic rings. The Morgan fingerprint density at radius 3 is 2.47 bits per heavy atom. The van der Waals surface area contributed by atoms with Gasteiger partial charge in [-0.05, 0) is 38.7 Å². The average molecular weight is 257 g/mol. The number of hydrogen-bond donors (Lipinski definition) is 0. The summed E-state index contributed by atoms with van der Waals surface area (Å²) in [7, 11) is 5.73. The Hall–Kier alpha value is -1.94. The lowest BCUT2D eigenvalue weighted by Crippen LogP contribution is -2.16. The van der Waals surface area contributed by atoms with Crippen molar-refractivity contribution in [2.75, 3.05) is 21.2 Å². The molecule has 0 bridgehead atoms.